The van der Waals surface area contributed by atoms with Crippen LogP contribution in [0.5, 0.6) is 0 Å². The molecule has 0 aliphatic carbocycles. The highest BCUT2D eigenvalue weighted by Crippen LogP contribution is 2.33. The Balaban J connectivity index is 2.30. The number of carbonyl (C=O) groups excluding carboxylic acids is 1. The molecule has 0 fully saturated rings. The molecule has 2 aromatic heterocycles. The third-order valence-electron chi connectivity index (χ3n) is 4.38. The third kappa shape index (κ3) is 2.83. The van der Waals surface area contributed by atoms with Gasteiger partial charge in [-0.2, -0.15) is 5.26 Å². The van der Waals surface area contributed by atoms with Crippen LogP contribution in [0, 0.1) is 11.3 Å². The SMILES string of the molecule is CC(=O)c1ccc(-c2cn(C)c3c(C#N)cccc23)nc1C(C)(C)C. The molecule has 4 nitrogen and oxygen atoms in total. The molecule has 0 bridgehead atoms. The van der Waals surface area contributed by atoms with Gasteiger partial charge in [0.05, 0.1) is 22.5 Å². The Labute approximate surface area is 147 Å². The first-order valence-corrected chi connectivity index (χ1v) is 8.25. The van der Waals surface area contributed by atoms with Crippen LogP contribution in [-0.4, -0.2) is 15.3 Å². The van der Waals surface area contributed by atoms with Crippen molar-refractivity contribution in [2.45, 2.75) is 33.1 Å². The number of ketones is 1. The standard InChI is InChI=1S/C21H21N3O/c1-13(25)15-9-10-18(23-20(15)21(2,3)4)17-12-24(5)19-14(11-22)7-6-8-16(17)19/h6-10,12H,1-5H3. The predicted octanol–water partition coefficient (Wildman–Crippen LogP) is 4.61. The second kappa shape index (κ2) is 5.86. The Kier molecular flexibility index (Phi) is 3.96. The molecule has 25 heavy (non-hydrogen) atoms. The first-order valence-electron chi connectivity index (χ1n) is 8.25. The molecule has 126 valence electrons. The number of aromatic nitrogens is 2. The first kappa shape index (κ1) is 16.9. The fourth-order valence-electron chi connectivity index (χ4n) is 3.23. The molecule has 0 radical (unpaired) electrons. The van der Waals surface area contributed by atoms with Crippen LogP contribution < -0.4 is 0 Å². The molecule has 0 atom stereocenters. The van der Waals surface area contributed by atoms with Gasteiger partial charge in [-0.25, -0.2) is 0 Å². The minimum absolute atomic E-state index is 0.0219. The van der Waals surface area contributed by atoms with Crippen LogP contribution in [0.2, 0.25) is 0 Å². The van der Waals surface area contributed by atoms with Gasteiger partial charge in [0, 0.05) is 35.2 Å². The van der Waals surface area contributed by atoms with Gasteiger partial charge >= 0.3 is 0 Å². The summed E-state index contributed by atoms with van der Waals surface area (Å²) in [7, 11) is 1.93. The van der Waals surface area contributed by atoms with Crippen molar-refractivity contribution in [2.75, 3.05) is 0 Å². The van der Waals surface area contributed by atoms with Crippen molar-refractivity contribution in [2.24, 2.45) is 7.05 Å². The zero-order valence-electron chi connectivity index (χ0n) is 15.2. The van der Waals surface area contributed by atoms with Crippen molar-refractivity contribution >= 4 is 16.7 Å². The Hall–Kier alpha value is -2.93. The summed E-state index contributed by atoms with van der Waals surface area (Å²) in [6.45, 7) is 7.75. The lowest BCUT2D eigenvalue weighted by atomic mass is 9.87. The smallest absolute Gasteiger partial charge is 0.161 e. The zero-order chi connectivity index (χ0) is 18.4. The number of benzene rings is 1. The van der Waals surface area contributed by atoms with Crippen LogP contribution in [-0.2, 0) is 12.5 Å². The lowest BCUT2D eigenvalue weighted by Gasteiger charge is -2.21. The summed E-state index contributed by atoms with van der Waals surface area (Å²) in [5, 5.41) is 10.4. The maximum Gasteiger partial charge on any atom is 0.161 e. The molecule has 0 aliphatic rings. The molecule has 0 saturated heterocycles. The van der Waals surface area contributed by atoms with E-state index in [0.717, 1.165) is 27.9 Å². The molecule has 0 amide bonds. The average molecular weight is 331 g/mol. The lowest BCUT2D eigenvalue weighted by Crippen LogP contribution is -2.18. The van der Waals surface area contributed by atoms with E-state index < -0.39 is 0 Å². The third-order valence-corrected chi connectivity index (χ3v) is 4.38. The fourth-order valence-corrected chi connectivity index (χ4v) is 3.23. The first-order chi connectivity index (χ1) is 11.7. The molecule has 0 N–H and O–H groups in total. The van der Waals surface area contributed by atoms with Crippen molar-refractivity contribution in [3.8, 4) is 17.3 Å². The molecule has 3 rings (SSSR count). The summed E-state index contributed by atoms with van der Waals surface area (Å²) in [6, 6.07) is 11.7. The summed E-state index contributed by atoms with van der Waals surface area (Å²) in [5.41, 5.74) is 4.54. The van der Waals surface area contributed by atoms with Crippen molar-refractivity contribution < 1.29 is 4.79 Å². The minimum Gasteiger partial charge on any atom is -0.349 e. The highest BCUT2D eigenvalue weighted by molar-refractivity contribution is 5.99. The predicted molar refractivity (Wildman–Crippen MR) is 99.6 cm³/mol. The second-order valence-electron chi connectivity index (χ2n) is 7.37. The van der Waals surface area contributed by atoms with E-state index in [9.17, 15) is 10.1 Å². The number of hydrogen-bond acceptors (Lipinski definition) is 3. The Morgan fingerprint density at radius 2 is 1.92 bits per heavy atom. The van der Waals surface area contributed by atoms with Gasteiger partial charge in [0.25, 0.3) is 0 Å². The number of aryl methyl sites for hydroxylation is 1. The molecule has 0 unspecified atom stereocenters. The average Bonchev–Trinajstić information content (AvgIpc) is 2.90. The highest BCUT2D eigenvalue weighted by atomic mass is 16.1. The molecule has 0 aliphatic heterocycles. The molecule has 2 heterocycles. The summed E-state index contributed by atoms with van der Waals surface area (Å²) < 4.78 is 1.96. The van der Waals surface area contributed by atoms with Gasteiger partial charge in [0.15, 0.2) is 5.78 Å². The highest BCUT2D eigenvalue weighted by Gasteiger charge is 2.23. The van der Waals surface area contributed by atoms with E-state index in [1.54, 1.807) is 6.92 Å². The van der Waals surface area contributed by atoms with Crippen molar-refractivity contribution in [3.63, 3.8) is 0 Å². The van der Waals surface area contributed by atoms with E-state index in [4.69, 9.17) is 4.98 Å². The maximum absolute atomic E-state index is 12.0. The number of carbonyl (C=O) groups is 1. The van der Waals surface area contributed by atoms with E-state index in [-0.39, 0.29) is 11.2 Å². The molecule has 0 saturated carbocycles. The van der Waals surface area contributed by atoms with E-state index in [1.165, 1.54) is 0 Å². The van der Waals surface area contributed by atoms with Crippen LogP contribution in [0.3, 0.4) is 0 Å². The number of Topliss-reactive ketones (excluding diaryl/α,β-unsaturated/α-hetero) is 1. The van der Waals surface area contributed by atoms with Gasteiger partial charge in [0.2, 0.25) is 0 Å². The van der Waals surface area contributed by atoms with Gasteiger partial charge in [-0.15, -0.1) is 0 Å². The van der Waals surface area contributed by atoms with Crippen LogP contribution in [0.1, 0.15) is 49.3 Å². The largest absolute Gasteiger partial charge is 0.349 e. The number of nitrogens with zero attached hydrogens (tertiary/aromatic N) is 3. The van der Waals surface area contributed by atoms with E-state index in [1.807, 2.05) is 48.1 Å². The lowest BCUT2D eigenvalue weighted by molar-refractivity contribution is 0.101. The topological polar surface area (TPSA) is 58.7 Å². The van der Waals surface area contributed by atoms with E-state index in [0.29, 0.717) is 11.1 Å². The molecule has 1 aromatic carbocycles. The number of fused-ring (bicyclic) bond motifs is 1. The Morgan fingerprint density at radius 1 is 1.20 bits per heavy atom. The Morgan fingerprint density at radius 3 is 2.52 bits per heavy atom. The van der Waals surface area contributed by atoms with Crippen molar-refractivity contribution in [1.29, 1.82) is 5.26 Å². The van der Waals surface area contributed by atoms with Gasteiger partial charge in [0.1, 0.15) is 6.07 Å². The second-order valence-corrected chi connectivity index (χ2v) is 7.37. The van der Waals surface area contributed by atoms with Gasteiger partial charge < -0.3 is 4.57 Å². The van der Waals surface area contributed by atoms with E-state index in [2.05, 4.69) is 26.8 Å². The summed E-state index contributed by atoms with van der Waals surface area (Å²) >= 11 is 0. The molecular formula is C21H21N3O. The van der Waals surface area contributed by atoms with Gasteiger partial charge in [-0.05, 0) is 25.1 Å². The monoisotopic (exact) mass is 331 g/mol. The van der Waals surface area contributed by atoms with Crippen molar-refractivity contribution in [3.05, 3.63) is 53.3 Å². The Bertz CT molecular complexity index is 1030. The van der Waals surface area contributed by atoms with Crippen molar-refractivity contribution in [1.82, 2.24) is 9.55 Å². The molecule has 0 spiro atoms. The number of rotatable bonds is 2. The number of nitriles is 1. The van der Waals surface area contributed by atoms with Gasteiger partial charge in [-0.3, -0.25) is 9.78 Å². The maximum atomic E-state index is 12.0. The minimum atomic E-state index is -0.237. The number of para-hydroxylation sites is 1. The van der Waals surface area contributed by atoms with Crippen LogP contribution in [0.4, 0.5) is 0 Å². The quantitative estimate of drug-likeness (QED) is 0.644. The summed E-state index contributed by atoms with van der Waals surface area (Å²) in [6.07, 6.45) is 1.99. The fraction of sp³-hybridized carbons (Fsp3) is 0.286. The number of pyridine rings is 1. The van der Waals surface area contributed by atoms with Gasteiger partial charge in [-0.1, -0.05) is 32.9 Å². The van der Waals surface area contributed by atoms with Crippen LogP contribution >= 0.6 is 0 Å². The van der Waals surface area contributed by atoms with E-state index >= 15 is 0 Å². The zero-order valence-corrected chi connectivity index (χ0v) is 15.2. The molecular weight excluding hydrogens is 310 g/mol. The van der Waals surface area contributed by atoms with Crippen LogP contribution in [0.25, 0.3) is 22.2 Å². The summed E-state index contributed by atoms with van der Waals surface area (Å²) in [5.74, 6) is 0.0219. The summed E-state index contributed by atoms with van der Waals surface area (Å²) in [4.78, 5) is 16.8. The van der Waals surface area contributed by atoms with Crippen LogP contribution in [0.15, 0.2) is 36.5 Å². The normalized spacial score (nSPS) is 11.5. The molecule has 3 aromatic rings. The molecule has 4 heteroatoms. The number of hydrogen-bond donors (Lipinski definition) is 0.